The Bertz CT molecular complexity index is 1020. The van der Waals surface area contributed by atoms with E-state index in [0.717, 1.165) is 22.9 Å². The van der Waals surface area contributed by atoms with Crippen LogP contribution in [0.2, 0.25) is 0 Å². The number of amides is 2. The van der Waals surface area contributed by atoms with Crippen LogP contribution in [0.4, 0.5) is 15.6 Å². The average Bonchev–Trinajstić information content (AvgIpc) is 2.95. The maximum Gasteiger partial charge on any atom is 0.319 e. The molecule has 0 saturated carbocycles. The summed E-state index contributed by atoms with van der Waals surface area (Å²) in [6.45, 7) is 0.529. The molecule has 0 fully saturated rings. The molecule has 0 aliphatic rings. The Balaban J connectivity index is 1.58. The first-order valence-corrected chi connectivity index (χ1v) is 10.6. The molecule has 3 rings (SSSR count). The lowest BCUT2D eigenvalue weighted by Gasteiger charge is -2.07. The lowest BCUT2D eigenvalue weighted by atomic mass is 10.1. The molecule has 3 aromatic rings. The number of sulfonamides is 1. The fourth-order valence-electron chi connectivity index (χ4n) is 2.34. The van der Waals surface area contributed by atoms with Crippen molar-refractivity contribution in [2.45, 2.75) is 6.42 Å². The molecule has 9 heteroatoms. The van der Waals surface area contributed by atoms with Crippen LogP contribution in [-0.4, -0.2) is 32.2 Å². The van der Waals surface area contributed by atoms with Crippen molar-refractivity contribution in [1.29, 1.82) is 0 Å². The largest absolute Gasteiger partial charge is 0.338 e. The van der Waals surface area contributed by atoms with Crippen molar-refractivity contribution in [3.05, 3.63) is 54.1 Å². The minimum atomic E-state index is -3.37. The summed E-state index contributed by atoms with van der Waals surface area (Å²) in [4.78, 5) is 16.2. The lowest BCUT2D eigenvalue weighted by Crippen LogP contribution is -2.30. The highest BCUT2D eigenvalue weighted by atomic mass is 32.2. The highest BCUT2D eigenvalue weighted by molar-refractivity contribution is 7.92. The molecule has 0 aliphatic heterocycles. The van der Waals surface area contributed by atoms with Gasteiger partial charge in [0.15, 0.2) is 5.13 Å². The lowest BCUT2D eigenvalue weighted by molar-refractivity contribution is 0.252. The molecule has 0 radical (unpaired) electrons. The van der Waals surface area contributed by atoms with E-state index in [1.165, 1.54) is 11.3 Å². The van der Waals surface area contributed by atoms with E-state index in [1.807, 2.05) is 30.3 Å². The normalized spacial score (nSPS) is 11.3. The van der Waals surface area contributed by atoms with Crippen LogP contribution in [0.15, 0.2) is 48.5 Å². The fourth-order valence-corrected chi connectivity index (χ4v) is 4.09. The van der Waals surface area contributed by atoms with Gasteiger partial charge in [0.05, 0.1) is 16.5 Å². The molecule has 0 spiro atoms. The highest BCUT2D eigenvalue weighted by Crippen LogP contribution is 2.28. The first-order valence-electron chi connectivity index (χ1n) is 7.86. The summed E-state index contributed by atoms with van der Waals surface area (Å²) in [5.41, 5.74) is 2.44. The Morgan fingerprint density at radius 1 is 1.15 bits per heavy atom. The summed E-state index contributed by atoms with van der Waals surface area (Å²) in [5, 5.41) is 5.88. The zero-order valence-electron chi connectivity index (χ0n) is 14.0. The molecule has 136 valence electrons. The SMILES string of the molecule is CS(=O)(=O)Nc1nc2ccc(NC(=O)NCCc3ccccc3)cc2s1. The summed E-state index contributed by atoms with van der Waals surface area (Å²) in [5.74, 6) is 0. The second kappa shape index (κ2) is 7.71. The maximum atomic E-state index is 12.0. The van der Waals surface area contributed by atoms with Crippen LogP contribution in [-0.2, 0) is 16.4 Å². The van der Waals surface area contributed by atoms with Gasteiger partial charge in [-0.25, -0.2) is 18.2 Å². The Hall–Kier alpha value is -2.65. The third-order valence-corrected chi connectivity index (χ3v) is 5.09. The number of rotatable bonds is 6. The Kier molecular flexibility index (Phi) is 5.38. The number of hydrogen-bond acceptors (Lipinski definition) is 5. The molecular weight excluding hydrogens is 372 g/mol. The van der Waals surface area contributed by atoms with Crippen molar-refractivity contribution >= 4 is 48.4 Å². The van der Waals surface area contributed by atoms with Crippen LogP contribution in [0.3, 0.4) is 0 Å². The van der Waals surface area contributed by atoms with Crippen LogP contribution in [0.1, 0.15) is 5.56 Å². The summed E-state index contributed by atoms with van der Waals surface area (Å²) in [6, 6.07) is 14.8. The summed E-state index contributed by atoms with van der Waals surface area (Å²) in [7, 11) is -3.37. The van der Waals surface area contributed by atoms with Gasteiger partial charge in [-0.05, 0) is 30.2 Å². The van der Waals surface area contributed by atoms with Crippen molar-refractivity contribution in [2.75, 3.05) is 22.8 Å². The number of carbonyl (C=O) groups excluding carboxylic acids is 1. The first-order chi connectivity index (χ1) is 12.4. The molecule has 1 heterocycles. The van der Waals surface area contributed by atoms with E-state index in [4.69, 9.17) is 0 Å². The third-order valence-electron chi connectivity index (χ3n) is 3.46. The van der Waals surface area contributed by atoms with Gasteiger partial charge in [-0.15, -0.1) is 0 Å². The topological polar surface area (TPSA) is 100 Å². The van der Waals surface area contributed by atoms with Gasteiger partial charge in [0.2, 0.25) is 10.0 Å². The molecule has 0 bridgehead atoms. The number of thiazole rings is 1. The molecular formula is C17H18N4O3S2. The Morgan fingerprint density at radius 3 is 2.65 bits per heavy atom. The minimum Gasteiger partial charge on any atom is -0.338 e. The van der Waals surface area contributed by atoms with Gasteiger partial charge in [-0.2, -0.15) is 0 Å². The van der Waals surface area contributed by atoms with Crippen LogP contribution in [0, 0.1) is 0 Å². The van der Waals surface area contributed by atoms with Crippen molar-refractivity contribution in [3.8, 4) is 0 Å². The second-order valence-corrected chi connectivity index (χ2v) is 8.47. The monoisotopic (exact) mass is 390 g/mol. The average molecular weight is 390 g/mol. The molecule has 1 aromatic heterocycles. The van der Waals surface area contributed by atoms with Crippen LogP contribution < -0.4 is 15.4 Å². The molecule has 0 aliphatic carbocycles. The van der Waals surface area contributed by atoms with Gasteiger partial charge in [0.1, 0.15) is 0 Å². The van der Waals surface area contributed by atoms with Gasteiger partial charge >= 0.3 is 6.03 Å². The van der Waals surface area contributed by atoms with Crippen LogP contribution >= 0.6 is 11.3 Å². The highest BCUT2D eigenvalue weighted by Gasteiger charge is 2.09. The van der Waals surface area contributed by atoms with E-state index < -0.39 is 10.0 Å². The van der Waals surface area contributed by atoms with Crippen molar-refractivity contribution < 1.29 is 13.2 Å². The second-order valence-electron chi connectivity index (χ2n) is 5.69. The molecule has 2 aromatic carbocycles. The molecule has 3 N–H and O–H groups in total. The number of carbonyl (C=O) groups is 1. The third kappa shape index (κ3) is 5.17. The summed E-state index contributed by atoms with van der Waals surface area (Å²) < 4.78 is 25.7. The Labute approximate surface area is 155 Å². The summed E-state index contributed by atoms with van der Waals surface area (Å²) >= 11 is 1.21. The molecule has 2 amide bonds. The van der Waals surface area contributed by atoms with E-state index in [1.54, 1.807) is 18.2 Å². The molecule has 7 nitrogen and oxygen atoms in total. The summed E-state index contributed by atoms with van der Waals surface area (Å²) in [6.07, 6.45) is 1.83. The van der Waals surface area contributed by atoms with Gasteiger partial charge in [-0.3, -0.25) is 4.72 Å². The number of urea groups is 1. The predicted molar refractivity (Wildman–Crippen MR) is 105 cm³/mol. The number of hydrogen-bond donors (Lipinski definition) is 3. The number of anilines is 2. The van der Waals surface area contributed by atoms with E-state index >= 15 is 0 Å². The minimum absolute atomic E-state index is 0.292. The standard InChI is InChI=1S/C17H18N4O3S2/c1-26(23,24)21-17-20-14-8-7-13(11-15(14)25-17)19-16(22)18-10-9-12-5-3-2-4-6-12/h2-8,11H,9-10H2,1H3,(H,20,21)(H2,18,19,22). The van der Waals surface area contributed by atoms with Crippen LogP contribution in [0.5, 0.6) is 0 Å². The Morgan fingerprint density at radius 2 is 1.92 bits per heavy atom. The number of nitrogens with one attached hydrogen (secondary N) is 3. The molecule has 0 unspecified atom stereocenters. The van der Waals surface area contributed by atoms with Crippen LogP contribution in [0.25, 0.3) is 10.2 Å². The first kappa shape index (κ1) is 18.2. The van der Waals surface area contributed by atoms with E-state index in [9.17, 15) is 13.2 Å². The molecule has 0 saturated heterocycles. The quantitative estimate of drug-likeness (QED) is 0.602. The van der Waals surface area contributed by atoms with E-state index in [-0.39, 0.29) is 6.03 Å². The fraction of sp³-hybridized carbons (Fsp3) is 0.176. The molecule has 0 atom stereocenters. The van der Waals surface area contributed by atoms with Gasteiger partial charge < -0.3 is 10.6 Å². The number of aromatic nitrogens is 1. The predicted octanol–water partition coefficient (Wildman–Crippen LogP) is 3.03. The van der Waals surface area contributed by atoms with Gasteiger partial charge in [-0.1, -0.05) is 41.7 Å². The van der Waals surface area contributed by atoms with E-state index in [2.05, 4.69) is 20.3 Å². The zero-order chi connectivity index (χ0) is 18.6. The van der Waals surface area contributed by atoms with Crippen molar-refractivity contribution in [2.24, 2.45) is 0 Å². The van der Waals surface area contributed by atoms with Gasteiger partial charge in [0, 0.05) is 12.2 Å². The smallest absolute Gasteiger partial charge is 0.319 e. The van der Waals surface area contributed by atoms with Crippen molar-refractivity contribution in [1.82, 2.24) is 10.3 Å². The molecule has 26 heavy (non-hydrogen) atoms. The number of fused-ring (bicyclic) bond motifs is 1. The van der Waals surface area contributed by atoms with E-state index in [0.29, 0.717) is 22.9 Å². The van der Waals surface area contributed by atoms with Gasteiger partial charge in [0.25, 0.3) is 0 Å². The zero-order valence-corrected chi connectivity index (χ0v) is 15.7. The maximum absolute atomic E-state index is 12.0. The number of nitrogens with zero attached hydrogens (tertiary/aromatic N) is 1. The van der Waals surface area contributed by atoms with Crippen molar-refractivity contribution in [3.63, 3.8) is 0 Å². The number of benzene rings is 2.